The van der Waals surface area contributed by atoms with E-state index in [0.29, 0.717) is 11.6 Å². The minimum absolute atomic E-state index is 0.0443. The monoisotopic (exact) mass is 611 g/mol. The molecule has 3 heterocycles. The van der Waals surface area contributed by atoms with Crippen molar-refractivity contribution in [2.75, 3.05) is 25.1 Å². The maximum absolute atomic E-state index is 13.1. The number of nitrogens with zero attached hydrogens (tertiary/aromatic N) is 3. The first-order valence-electron chi connectivity index (χ1n) is 14.3. The first-order chi connectivity index (χ1) is 20.5. The number of benzene rings is 3. The zero-order valence-corrected chi connectivity index (χ0v) is 26.8. The minimum atomic E-state index is -0.723. The zero-order valence-electron chi connectivity index (χ0n) is 25.2. The smallest absolute Gasteiger partial charge is 0.163 e. The average molecular weight is 612 g/mol. The lowest BCUT2D eigenvalue weighted by atomic mass is 9.90. The van der Waals surface area contributed by atoms with Crippen LogP contribution in [0, 0.1) is 6.92 Å². The molecule has 220 valence electrons. The third-order valence-electron chi connectivity index (χ3n) is 7.52. The second-order valence-corrected chi connectivity index (χ2v) is 13.4. The van der Waals surface area contributed by atoms with Crippen LogP contribution < -0.4 is 9.64 Å². The SMILES string of the molecule is CC(=O)[C@@H](OC(C)(C)C)c1c(C)cc2nc(-c3ccnc(-c4ccc5c(c4)N(C)CCO5)c3)sc2c1-c1ccc(Cl)cc1. The molecule has 0 saturated carbocycles. The van der Waals surface area contributed by atoms with Crippen LogP contribution >= 0.6 is 22.9 Å². The van der Waals surface area contributed by atoms with Gasteiger partial charge < -0.3 is 14.4 Å². The van der Waals surface area contributed by atoms with Crippen molar-refractivity contribution in [1.82, 2.24) is 9.97 Å². The van der Waals surface area contributed by atoms with Gasteiger partial charge in [-0.15, -0.1) is 11.3 Å². The van der Waals surface area contributed by atoms with Crippen molar-refractivity contribution in [2.45, 2.75) is 46.3 Å². The lowest BCUT2D eigenvalue weighted by molar-refractivity contribution is -0.138. The Labute approximate surface area is 261 Å². The Balaban J connectivity index is 1.51. The molecule has 0 fully saturated rings. The predicted octanol–water partition coefficient (Wildman–Crippen LogP) is 8.93. The third-order valence-corrected chi connectivity index (χ3v) is 8.91. The number of rotatable bonds is 6. The summed E-state index contributed by atoms with van der Waals surface area (Å²) >= 11 is 7.89. The van der Waals surface area contributed by atoms with Crippen LogP contribution in [0.2, 0.25) is 5.02 Å². The molecule has 0 aliphatic carbocycles. The van der Waals surface area contributed by atoms with E-state index in [1.807, 2.05) is 76.4 Å². The molecule has 0 unspecified atom stereocenters. The number of likely N-dealkylation sites (N-methyl/N-ethyl adjacent to an activating group) is 1. The van der Waals surface area contributed by atoms with Crippen LogP contribution in [0.4, 0.5) is 5.69 Å². The van der Waals surface area contributed by atoms with Crippen LogP contribution in [-0.2, 0) is 9.53 Å². The molecule has 43 heavy (non-hydrogen) atoms. The Hall–Kier alpha value is -3.78. The van der Waals surface area contributed by atoms with Gasteiger partial charge in [-0.3, -0.25) is 9.78 Å². The number of hydrogen-bond donors (Lipinski definition) is 0. The maximum atomic E-state index is 13.1. The summed E-state index contributed by atoms with van der Waals surface area (Å²) in [6.07, 6.45) is 1.11. The molecule has 2 aromatic heterocycles. The molecule has 0 bridgehead atoms. The summed E-state index contributed by atoms with van der Waals surface area (Å²) in [7, 11) is 2.08. The van der Waals surface area contributed by atoms with Crippen LogP contribution in [0.5, 0.6) is 5.75 Å². The number of hydrogen-bond acceptors (Lipinski definition) is 7. The van der Waals surface area contributed by atoms with E-state index in [1.54, 1.807) is 18.3 Å². The quantitative estimate of drug-likeness (QED) is 0.191. The third kappa shape index (κ3) is 5.90. The number of fused-ring (bicyclic) bond motifs is 2. The summed E-state index contributed by atoms with van der Waals surface area (Å²) in [5, 5.41) is 1.53. The van der Waals surface area contributed by atoms with Crippen molar-refractivity contribution in [3.05, 3.63) is 83.0 Å². The van der Waals surface area contributed by atoms with Gasteiger partial charge in [0, 0.05) is 40.5 Å². The molecule has 6 rings (SSSR count). The van der Waals surface area contributed by atoms with Gasteiger partial charge in [0.1, 0.15) is 23.5 Å². The van der Waals surface area contributed by atoms with Gasteiger partial charge in [-0.1, -0.05) is 23.7 Å². The molecule has 0 spiro atoms. The van der Waals surface area contributed by atoms with Gasteiger partial charge in [0.15, 0.2) is 5.78 Å². The van der Waals surface area contributed by atoms with Gasteiger partial charge in [0.05, 0.1) is 33.7 Å². The number of anilines is 1. The van der Waals surface area contributed by atoms with Gasteiger partial charge in [0.25, 0.3) is 0 Å². The van der Waals surface area contributed by atoms with Crippen molar-refractivity contribution in [3.8, 4) is 38.7 Å². The standard InChI is InChI=1S/C35H34ClN3O3S/c1-20-17-27-33(31(22-7-10-25(36)11-8-22)30(20)32(21(2)40)42-35(3,4)5)43-34(38-27)24-13-14-37-26(18-24)23-9-12-29-28(19-23)39(6)15-16-41-29/h7-14,17-19,32H,15-16H2,1-6H3/t32-/m1/s1. The summed E-state index contributed by atoms with van der Waals surface area (Å²) < 4.78 is 13.2. The van der Waals surface area contributed by atoms with Crippen molar-refractivity contribution < 1.29 is 14.3 Å². The lowest BCUT2D eigenvalue weighted by Gasteiger charge is -2.29. The van der Waals surface area contributed by atoms with E-state index in [2.05, 4.69) is 30.1 Å². The first-order valence-corrected chi connectivity index (χ1v) is 15.5. The highest BCUT2D eigenvalue weighted by Gasteiger charge is 2.30. The molecule has 5 aromatic rings. The first kappa shape index (κ1) is 29.3. The molecule has 0 saturated heterocycles. The second-order valence-electron chi connectivity index (χ2n) is 12.0. The fraction of sp³-hybridized carbons (Fsp3) is 0.286. The van der Waals surface area contributed by atoms with Gasteiger partial charge in [-0.05, 0) is 94.3 Å². The Kier molecular flexibility index (Phi) is 7.75. The Bertz CT molecular complexity index is 1840. The summed E-state index contributed by atoms with van der Waals surface area (Å²) in [5.74, 6) is 0.845. The molecule has 0 radical (unpaired) electrons. The zero-order chi connectivity index (χ0) is 30.5. The highest BCUT2D eigenvalue weighted by molar-refractivity contribution is 7.22. The number of ether oxygens (including phenoxy) is 2. The molecular formula is C35H34ClN3O3S. The molecule has 6 nitrogen and oxygen atoms in total. The Morgan fingerprint density at radius 3 is 2.51 bits per heavy atom. The number of thiazole rings is 1. The predicted molar refractivity (Wildman–Crippen MR) is 176 cm³/mol. The van der Waals surface area contributed by atoms with Crippen LogP contribution in [0.25, 0.3) is 43.2 Å². The molecule has 0 N–H and O–H groups in total. The largest absolute Gasteiger partial charge is 0.490 e. The number of ketones is 1. The van der Waals surface area contributed by atoms with Crippen LogP contribution in [-0.4, -0.2) is 41.6 Å². The number of carbonyl (C=O) groups excluding carboxylic acids is 1. The van der Waals surface area contributed by atoms with E-state index in [0.717, 1.165) is 72.3 Å². The summed E-state index contributed by atoms with van der Waals surface area (Å²) in [6.45, 7) is 11.1. The van der Waals surface area contributed by atoms with Gasteiger partial charge in [0.2, 0.25) is 0 Å². The minimum Gasteiger partial charge on any atom is -0.490 e. The van der Waals surface area contributed by atoms with E-state index >= 15 is 0 Å². The molecule has 0 amide bonds. The van der Waals surface area contributed by atoms with Crippen molar-refractivity contribution in [2.24, 2.45) is 0 Å². The molecule has 3 aromatic carbocycles. The van der Waals surface area contributed by atoms with E-state index < -0.39 is 11.7 Å². The number of aromatic nitrogens is 2. The molecule has 1 aliphatic rings. The Morgan fingerprint density at radius 1 is 1.05 bits per heavy atom. The molecular weight excluding hydrogens is 578 g/mol. The van der Waals surface area contributed by atoms with Gasteiger partial charge in [-0.25, -0.2) is 4.98 Å². The van der Waals surface area contributed by atoms with Crippen LogP contribution in [0.1, 0.15) is 44.9 Å². The summed E-state index contributed by atoms with van der Waals surface area (Å²) in [5.41, 5.74) is 8.00. The molecule has 1 atom stereocenters. The molecule has 1 aliphatic heterocycles. The van der Waals surface area contributed by atoms with Gasteiger partial charge >= 0.3 is 0 Å². The van der Waals surface area contributed by atoms with E-state index in [4.69, 9.17) is 31.0 Å². The average Bonchev–Trinajstić information content (AvgIpc) is 3.39. The molecule has 8 heteroatoms. The number of pyridine rings is 1. The Morgan fingerprint density at radius 2 is 1.79 bits per heavy atom. The normalized spacial score (nSPS) is 14.0. The highest BCUT2D eigenvalue weighted by atomic mass is 35.5. The summed E-state index contributed by atoms with van der Waals surface area (Å²) in [6, 6.07) is 20.1. The van der Waals surface area contributed by atoms with Crippen molar-refractivity contribution in [1.29, 1.82) is 0 Å². The summed E-state index contributed by atoms with van der Waals surface area (Å²) in [4.78, 5) is 25.1. The van der Waals surface area contributed by atoms with Crippen molar-refractivity contribution in [3.63, 3.8) is 0 Å². The number of aryl methyl sites for hydroxylation is 1. The number of carbonyl (C=O) groups is 1. The fourth-order valence-corrected chi connectivity index (χ4v) is 6.75. The van der Waals surface area contributed by atoms with Crippen molar-refractivity contribution >= 4 is 44.6 Å². The highest BCUT2D eigenvalue weighted by Crippen LogP contribution is 2.45. The van der Waals surface area contributed by atoms with Crippen LogP contribution in [0.15, 0.2) is 66.9 Å². The van der Waals surface area contributed by atoms with E-state index in [-0.39, 0.29) is 5.78 Å². The van der Waals surface area contributed by atoms with Gasteiger partial charge in [-0.2, -0.15) is 0 Å². The number of halogens is 1. The fourth-order valence-electron chi connectivity index (χ4n) is 5.51. The topological polar surface area (TPSA) is 64.5 Å². The van der Waals surface area contributed by atoms with Crippen LogP contribution in [0.3, 0.4) is 0 Å². The van der Waals surface area contributed by atoms with E-state index in [1.165, 1.54) is 0 Å². The lowest BCUT2D eigenvalue weighted by Crippen LogP contribution is -2.28. The maximum Gasteiger partial charge on any atom is 0.163 e. The van der Waals surface area contributed by atoms with E-state index in [9.17, 15) is 4.79 Å². The number of Topliss-reactive ketones (excluding diaryl/α,β-unsaturated/α-hetero) is 1. The second kappa shape index (κ2) is 11.4.